The molecule has 1 aliphatic heterocycles. The lowest BCUT2D eigenvalue weighted by Crippen LogP contribution is -2.25. The number of nitrogens with two attached hydrogens (primary N) is 1. The minimum absolute atomic E-state index is 0.0126. The van der Waals surface area contributed by atoms with Crippen molar-refractivity contribution in [1.29, 1.82) is 0 Å². The standard InChI is InChI=1S/C14H20N4OS/c1-8-9(2)20-14-12(8)13(19)16-11(17-14)7-18-4-3-10(5-15)6-18/h10H,3-7,15H2,1-2H3,(H,16,17,19). The van der Waals surface area contributed by atoms with Crippen molar-refractivity contribution in [2.75, 3.05) is 19.6 Å². The predicted octanol–water partition coefficient (Wildman–Crippen LogP) is 1.38. The highest BCUT2D eigenvalue weighted by Gasteiger charge is 2.22. The van der Waals surface area contributed by atoms with Gasteiger partial charge in [-0.05, 0) is 44.8 Å². The molecule has 108 valence electrons. The summed E-state index contributed by atoms with van der Waals surface area (Å²) < 4.78 is 0. The van der Waals surface area contributed by atoms with E-state index in [4.69, 9.17) is 5.73 Å². The molecular formula is C14H20N4OS. The van der Waals surface area contributed by atoms with Gasteiger partial charge in [0.25, 0.3) is 5.56 Å². The van der Waals surface area contributed by atoms with E-state index in [0.717, 1.165) is 47.7 Å². The highest BCUT2D eigenvalue weighted by Crippen LogP contribution is 2.26. The largest absolute Gasteiger partial charge is 0.330 e. The lowest BCUT2D eigenvalue weighted by molar-refractivity contribution is 0.310. The lowest BCUT2D eigenvalue weighted by atomic mass is 10.1. The molecule has 0 radical (unpaired) electrons. The maximum atomic E-state index is 12.2. The maximum Gasteiger partial charge on any atom is 0.259 e. The molecule has 3 heterocycles. The van der Waals surface area contributed by atoms with Crippen molar-refractivity contribution in [1.82, 2.24) is 14.9 Å². The third kappa shape index (κ3) is 2.39. The SMILES string of the molecule is Cc1sc2nc(CN3CCC(CN)C3)[nH]c(=O)c2c1C. The fourth-order valence-electron chi connectivity index (χ4n) is 2.83. The molecule has 0 aromatic carbocycles. The summed E-state index contributed by atoms with van der Waals surface area (Å²) >= 11 is 1.60. The molecule has 6 heteroatoms. The second kappa shape index (κ2) is 5.27. The fraction of sp³-hybridized carbons (Fsp3) is 0.571. The number of likely N-dealkylation sites (tertiary alicyclic amines) is 1. The Labute approximate surface area is 121 Å². The molecule has 1 aliphatic rings. The fourth-order valence-corrected chi connectivity index (χ4v) is 3.88. The number of thiophene rings is 1. The number of nitrogens with zero attached hydrogens (tertiary/aromatic N) is 2. The van der Waals surface area contributed by atoms with Crippen molar-refractivity contribution < 1.29 is 0 Å². The molecule has 0 aliphatic carbocycles. The van der Waals surface area contributed by atoms with Crippen LogP contribution in [0.5, 0.6) is 0 Å². The van der Waals surface area contributed by atoms with Crippen LogP contribution < -0.4 is 11.3 Å². The van der Waals surface area contributed by atoms with E-state index in [1.165, 1.54) is 4.88 Å². The Balaban J connectivity index is 1.88. The summed E-state index contributed by atoms with van der Waals surface area (Å²) in [4.78, 5) is 24.1. The minimum Gasteiger partial charge on any atom is -0.330 e. The van der Waals surface area contributed by atoms with Crippen molar-refractivity contribution in [3.8, 4) is 0 Å². The zero-order valence-corrected chi connectivity index (χ0v) is 12.7. The number of rotatable bonds is 3. The molecule has 0 saturated carbocycles. The zero-order chi connectivity index (χ0) is 14.3. The first kappa shape index (κ1) is 13.7. The first-order valence-electron chi connectivity index (χ1n) is 6.99. The van der Waals surface area contributed by atoms with Gasteiger partial charge in [0.1, 0.15) is 10.7 Å². The summed E-state index contributed by atoms with van der Waals surface area (Å²) in [6.45, 7) is 7.50. The zero-order valence-electron chi connectivity index (χ0n) is 11.9. The minimum atomic E-state index is -0.0126. The van der Waals surface area contributed by atoms with Crippen LogP contribution in [0, 0.1) is 19.8 Å². The molecule has 1 saturated heterocycles. The summed E-state index contributed by atoms with van der Waals surface area (Å²) in [5.41, 5.74) is 6.75. The van der Waals surface area contributed by atoms with Gasteiger partial charge < -0.3 is 10.7 Å². The monoisotopic (exact) mass is 292 g/mol. The van der Waals surface area contributed by atoms with Crippen LogP contribution in [0.3, 0.4) is 0 Å². The van der Waals surface area contributed by atoms with Gasteiger partial charge in [-0.2, -0.15) is 0 Å². The molecule has 2 aromatic heterocycles. The Bertz CT molecular complexity index is 690. The molecule has 3 N–H and O–H groups in total. The predicted molar refractivity (Wildman–Crippen MR) is 82.2 cm³/mol. The van der Waals surface area contributed by atoms with Crippen molar-refractivity contribution in [2.24, 2.45) is 11.7 Å². The third-order valence-corrected chi connectivity index (χ3v) is 5.27. The number of aromatic amines is 1. The van der Waals surface area contributed by atoms with Crippen LogP contribution in [0.2, 0.25) is 0 Å². The van der Waals surface area contributed by atoms with Gasteiger partial charge in [-0.3, -0.25) is 9.69 Å². The van der Waals surface area contributed by atoms with E-state index in [1.54, 1.807) is 11.3 Å². The second-order valence-electron chi connectivity index (χ2n) is 5.60. The summed E-state index contributed by atoms with van der Waals surface area (Å²) in [6, 6.07) is 0. The quantitative estimate of drug-likeness (QED) is 0.896. The Morgan fingerprint density at radius 3 is 3.00 bits per heavy atom. The summed E-state index contributed by atoms with van der Waals surface area (Å²) in [5.74, 6) is 1.35. The van der Waals surface area contributed by atoms with Crippen LogP contribution in [0.15, 0.2) is 4.79 Å². The smallest absolute Gasteiger partial charge is 0.259 e. The van der Waals surface area contributed by atoms with Crippen LogP contribution in [-0.2, 0) is 6.54 Å². The number of fused-ring (bicyclic) bond motifs is 1. The summed E-state index contributed by atoms with van der Waals surface area (Å²) in [7, 11) is 0. The van der Waals surface area contributed by atoms with Gasteiger partial charge in [0.2, 0.25) is 0 Å². The molecule has 3 rings (SSSR count). The highest BCUT2D eigenvalue weighted by molar-refractivity contribution is 7.18. The average molecular weight is 292 g/mol. The van der Waals surface area contributed by atoms with Crippen LogP contribution in [0.4, 0.5) is 0 Å². The van der Waals surface area contributed by atoms with Crippen molar-refractivity contribution in [3.05, 3.63) is 26.6 Å². The number of hydrogen-bond acceptors (Lipinski definition) is 5. The van der Waals surface area contributed by atoms with E-state index in [0.29, 0.717) is 12.5 Å². The Morgan fingerprint density at radius 2 is 2.30 bits per heavy atom. The van der Waals surface area contributed by atoms with Gasteiger partial charge in [-0.1, -0.05) is 0 Å². The van der Waals surface area contributed by atoms with E-state index in [2.05, 4.69) is 14.9 Å². The first-order valence-corrected chi connectivity index (χ1v) is 7.81. The van der Waals surface area contributed by atoms with Crippen molar-refractivity contribution >= 4 is 21.6 Å². The van der Waals surface area contributed by atoms with E-state index in [-0.39, 0.29) is 5.56 Å². The Morgan fingerprint density at radius 1 is 1.50 bits per heavy atom. The van der Waals surface area contributed by atoms with Crippen molar-refractivity contribution in [2.45, 2.75) is 26.8 Å². The first-order chi connectivity index (χ1) is 9.58. The lowest BCUT2D eigenvalue weighted by Gasteiger charge is -2.14. The van der Waals surface area contributed by atoms with Crippen LogP contribution >= 0.6 is 11.3 Å². The van der Waals surface area contributed by atoms with Crippen LogP contribution in [-0.4, -0.2) is 34.5 Å². The number of H-pyrrole nitrogens is 1. The highest BCUT2D eigenvalue weighted by atomic mass is 32.1. The molecule has 5 nitrogen and oxygen atoms in total. The van der Waals surface area contributed by atoms with E-state index < -0.39 is 0 Å². The van der Waals surface area contributed by atoms with Gasteiger partial charge in [-0.15, -0.1) is 11.3 Å². The van der Waals surface area contributed by atoms with Gasteiger partial charge in [0.15, 0.2) is 0 Å². The number of nitrogens with one attached hydrogen (secondary N) is 1. The Kier molecular flexibility index (Phi) is 3.62. The van der Waals surface area contributed by atoms with Crippen LogP contribution in [0.1, 0.15) is 22.7 Å². The normalized spacial score (nSPS) is 20.1. The summed E-state index contributed by atoms with van der Waals surface area (Å²) in [5, 5.41) is 0.748. The molecular weight excluding hydrogens is 272 g/mol. The molecule has 1 atom stereocenters. The molecule has 0 amide bonds. The van der Waals surface area contributed by atoms with Gasteiger partial charge in [-0.25, -0.2) is 4.98 Å². The average Bonchev–Trinajstić information content (AvgIpc) is 2.95. The molecule has 1 fully saturated rings. The molecule has 20 heavy (non-hydrogen) atoms. The van der Waals surface area contributed by atoms with E-state index >= 15 is 0 Å². The van der Waals surface area contributed by atoms with Crippen LogP contribution in [0.25, 0.3) is 10.2 Å². The van der Waals surface area contributed by atoms with E-state index in [1.807, 2.05) is 13.8 Å². The Hall–Kier alpha value is -1.24. The molecule has 1 unspecified atom stereocenters. The second-order valence-corrected chi connectivity index (χ2v) is 6.80. The van der Waals surface area contributed by atoms with Crippen molar-refractivity contribution in [3.63, 3.8) is 0 Å². The van der Waals surface area contributed by atoms with Gasteiger partial charge >= 0.3 is 0 Å². The number of hydrogen-bond donors (Lipinski definition) is 2. The van der Waals surface area contributed by atoms with E-state index in [9.17, 15) is 4.79 Å². The van der Waals surface area contributed by atoms with Gasteiger partial charge in [0.05, 0.1) is 11.9 Å². The van der Waals surface area contributed by atoms with Gasteiger partial charge in [0, 0.05) is 11.4 Å². The number of aromatic nitrogens is 2. The molecule has 0 bridgehead atoms. The molecule has 0 spiro atoms. The topological polar surface area (TPSA) is 75.0 Å². The summed E-state index contributed by atoms with van der Waals surface area (Å²) in [6.07, 6.45) is 1.14. The molecule has 2 aromatic rings. The third-order valence-electron chi connectivity index (χ3n) is 4.16. The number of aryl methyl sites for hydroxylation is 2. The maximum absolute atomic E-state index is 12.2.